The molecule has 1 saturated heterocycles. The van der Waals surface area contributed by atoms with E-state index in [0.29, 0.717) is 38.1 Å². The molecule has 3 heterocycles. The van der Waals surface area contributed by atoms with Crippen LogP contribution in [-0.2, 0) is 19.3 Å². The number of ether oxygens (including phenoxy) is 1. The van der Waals surface area contributed by atoms with Gasteiger partial charge in [0.2, 0.25) is 0 Å². The van der Waals surface area contributed by atoms with Crippen LogP contribution in [0.1, 0.15) is 31.0 Å². The zero-order valence-electron chi connectivity index (χ0n) is 17.4. The summed E-state index contributed by atoms with van der Waals surface area (Å²) in [4.78, 5) is 6.05. The Morgan fingerprint density at radius 2 is 1.87 bits per heavy atom. The standard InChI is InChI=1S/C23H26F3N3O2/c1-2-31-19-8-4-3-6-18(19)15-28-12-9-22(30,10-13-28)16-29-11-5-7-17-14-20(23(24,25)26)27-21(17)29/h3-8,11,14,30H,2,9-10,12-13,15-16H2,1H3. The minimum Gasteiger partial charge on any atom is -0.494 e. The summed E-state index contributed by atoms with van der Waals surface area (Å²) in [5, 5.41) is 11.2. The molecule has 0 saturated carbocycles. The number of likely N-dealkylation sites (tertiary alicyclic amines) is 1. The Morgan fingerprint density at radius 3 is 2.58 bits per heavy atom. The molecule has 31 heavy (non-hydrogen) atoms. The first-order valence-electron chi connectivity index (χ1n) is 10.5. The Labute approximate surface area is 179 Å². The second kappa shape index (κ2) is 8.51. The van der Waals surface area contributed by atoms with Crippen LogP contribution in [0.25, 0.3) is 11.4 Å². The molecular weight excluding hydrogens is 407 g/mol. The van der Waals surface area contributed by atoms with Gasteiger partial charge in [0, 0.05) is 37.0 Å². The average Bonchev–Trinajstić information content (AvgIpc) is 3.18. The van der Waals surface area contributed by atoms with Crippen molar-refractivity contribution in [3.8, 4) is 17.1 Å². The minimum absolute atomic E-state index is 0.210. The lowest BCUT2D eigenvalue weighted by Crippen LogP contribution is -2.46. The van der Waals surface area contributed by atoms with Crippen molar-refractivity contribution in [1.82, 2.24) is 14.5 Å². The lowest BCUT2D eigenvalue weighted by atomic mass is 9.90. The van der Waals surface area contributed by atoms with Gasteiger partial charge in [-0.15, -0.1) is 0 Å². The Morgan fingerprint density at radius 1 is 1.13 bits per heavy atom. The summed E-state index contributed by atoms with van der Waals surface area (Å²) in [6, 6.07) is 12.3. The van der Waals surface area contributed by atoms with E-state index < -0.39 is 17.5 Å². The lowest BCUT2D eigenvalue weighted by molar-refractivity contribution is -0.140. The van der Waals surface area contributed by atoms with Gasteiger partial charge in [-0.1, -0.05) is 18.2 Å². The van der Waals surface area contributed by atoms with Crippen LogP contribution in [0.4, 0.5) is 13.2 Å². The molecule has 1 fully saturated rings. The third kappa shape index (κ3) is 4.85. The molecule has 5 nitrogen and oxygen atoms in total. The smallest absolute Gasteiger partial charge is 0.433 e. The maximum atomic E-state index is 13.1. The summed E-state index contributed by atoms with van der Waals surface area (Å²) in [5.74, 6) is 1.12. The number of aromatic nitrogens is 2. The van der Waals surface area contributed by atoms with Crippen molar-refractivity contribution >= 4 is 0 Å². The molecule has 0 spiro atoms. The number of benzene rings is 1. The van der Waals surface area contributed by atoms with Gasteiger partial charge >= 0.3 is 6.18 Å². The van der Waals surface area contributed by atoms with Crippen molar-refractivity contribution in [2.45, 2.75) is 44.6 Å². The first kappa shape index (κ1) is 21.6. The molecule has 1 N–H and O–H groups in total. The van der Waals surface area contributed by atoms with Crippen LogP contribution in [0, 0.1) is 0 Å². The average molecular weight is 433 g/mol. The highest BCUT2D eigenvalue weighted by molar-refractivity contribution is 5.59. The van der Waals surface area contributed by atoms with Gasteiger partial charge in [-0.25, -0.2) is 4.98 Å². The fourth-order valence-electron chi connectivity index (χ4n) is 4.14. The van der Waals surface area contributed by atoms with Crippen molar-refractivity contribution in [3.05, 3.63) is 59.9 Å². The fourth-order valence-corrected chi connectivity index (χ4v) is 4.14. The number of alkyl halides is 3. The van der Waals surface area contributed by atoms with Crippen LogP contribution < -0.4 is 4.74 Å². The predicted molar refractivity (Wildman–Crippen MR) is 111 cm³/mol. The second-order valence-corrected chi connectivity index (χ2v) is 8.10. The Hall–Kier alpha value is -2.58. The summed E-state index contributed by atoms with van der Waals surface area (Å²) in [6.45, 7) is 4.88. The molecule has 3 aliphatic rings. The van der Waals surface area contributed by atoms with E-state index in [0.717, 1.165) is 23.9 Å². The first-order valence-corrected chi connectivity index (χ1v) is 10.5. The van der Waals surface area contributed by atoms with Crippen LogP contribution in [0.15, 0.2) is 48.7 Å². The zero-order valence-corrected chi connectivity index (χ0v) is 17.4. The van der Waals surface area contributed by atoms with Crippen molar-refractivity contribution in [1.29, 1.82) is 0 Å². The Kier molecular flexibility index (Phi) is 5.94. The van der Waals surface area contributed by atoms with Gasteiger partial charge in [0.05, 0.1) is 18.8 Å². The van der Waals surface area contributed by atoms with E-state index in [-0.39, 0.29) is 12.4 Å². The molecule has 1 aromatic carbocycles. The van der Waals surface area contributed by atoms with E-state index >= 15 is 0 Å². The van der Waals surface area contributed by atoms with E-state index in [1.54, 1.807) is 22.9 Å². The largest absolute Gasteiger partial charge is 0.494 e. The van der Waals surface area contributed by atoms with Crippen molar-refractivity contribution in [3.63, 3.8) is 0 Å². The maximum absolute atomic E-state index is 13.1. The molecule has 0 aliphatic carbocycles. The highest BCUT2D eigenvalue weighted by Gasteiger charge is 2.37. The molecule has 0 aromatic heterocycles. The maximum Gasteiger partial charge on any atom is 0.433 e. The molecule has 166 valence electrons. The predicted octanol–water partition coefficient (Wildman–Crippen LogP) is 4.43. The highest BCUT2D eigenvalue weighted by Crippen LogP contribution is 2.35. The third-order valence-electron chi connectivity index (χ3n) is 5.80. The van der Waals surface area contributed by atoms with Crippen LogP contribution in [0.2, 0.25) is 0 Å². The summed E-state index contributed by atoms with van der Waals surface area (Å²) in [6.07, 6.45) is -1.75. The van der Waals surface area contributed by atoms with Gasteiger partial charge in [0.15, 0.2) is 0 Å². The molecule has 8 heteroatoms. The van der Waals surface area contributed by atoms with Gasteiger partial charge in [-0.05, 0) is 44.0 Å². The number of pyridine rings is 1. The normalized spacial score (nSPS) is 17.2. The summed E-state index contributed by atoms with van der Waals surface area (Å²) >= 11 is 0. The number of piperidine rings is 1. The molecule has 4 rings (SSSR count). The van der Waals surface area contributed by atoms with Gasteiger partial charge in [0.1, 0.15) is 17.3 Å². The monoisotopic (exact) mass is 433 g/mol. The Balaban J connectivity index is 1.43. The van der Waals surface area contributed by atoms with Crippen LogP contribution in [0.3, 0.4) is 0 Å². The molecule has 0 unspecified atom stereocenters. The van der Waals surface area contributed by atoms with E-state index in [4.69, 9.17) is 4.74 Å². The summed E-state index contributed by atoms with van der Waals surface area (Å²) in [5.41, 5.74) is -0.373. The number of rotatable bonds is 6. The van der Waals surface area contributed by atoms with Crippen molar-refractivity contribution in [2.24, 2.45) is 0 Å². The van der Waals surface area contributed by atoms with Gasteiger partial charge in [-0.3, -0.25) is 4.90 Å². The quantitative estimate of drug-likeness (QED) is 0.625. The number of nitrogens with zero attached hydrogens (tertiary/aromatic N) is 3. The number of halogens is 3. The fraction of sp³-hybridized carbons (Fsp3) is 0.435. The van der Waals surface area contributed by atoms with E-state index in [1.807, 2.05) is 31.2 Å². The van der Waals surface area contributed by atoms with Crippen LogP contribution in [-0.4, -0.2) is 44.9 Å². The third-order valence-corrected chi connectivity index (χ3v) is 5.80. The molecule has 3 aliphatic heterocycles. The highest BCUT2D eigenvalue weighted by atomic mass is 19.4. The van der Waals surface area contributed by atoms with Gasteiger partial charge in [-0.2, -0.15) is 13.2 Å². The zero-order chi connectivity index (χ0) is 22.1. The molecule has 0 radical (unpaired) electrons. The number of hydrogen-bond donors (Lipinski definition) is 1. The van der Waals surface area contributed by atoms with E-state index in [2.05, 4.69) is 9.88 Å². The molecule has 1 aromatic rings. The Bertz CT molecular complexity index is 994. The van der Waals surface area contributed by atoms with Gasteiger partial charge in [0.25, 0.3) is 0 Å². The molecule has 0 atom stereocenters. The SMILES string of the molecule is CCOc1ccccc1CN1CCC(O)(Cn2cccc3cc(C(F)(F)F)nc2-3)CC1. The van der Waals surface area contributed by atoms with Crippen molar-refractivity contribution in [2.75, 3.05) is 19.7 Å². The van der Waals surface area contributed by atoms with Crippen LogP contribution >= 0.6 is 0 Å². The number of para-hydroxylation sites is 1. The lowest BCUT2D eigenvalue weighted by Gasteiger charge is -2.39. The second-order valence-electron chi connectivity index (χ2n) is 8.10. The van der Waals surface area contributed by atoms with Crippen molar-refractivity contribution < 1.29 is 23.0 Å². The number of fused-ring (bicyclic) bond motifs is 1. The summed E-state index contributed by atoms with van der Waals surface area (Å²) < 4.78 is 46.5. The van der Waals surface area contributed by atoms with Crippen LogP contribution in [0.5, 0.6) is 5.75 Å². The topological polar surface area (TPSA) is 50.5 Å². The molecule has 0 amide bonds. The summed E-state index contributed by atoms with van der Waals surface area (Å²) in [7, 11) is 0. The van der Waals surface area contributed by atoms with E-state index in [9.17, 15) is 18.3 Å². The number of hydrogen-bond acceptors (Lipinski definition) is 4. The minimum atomic E-state index is -4.49. The first-order chi connectivity index (χ1) is 14.8. The van der Waals surface area contributed by atoms with E-state index in [1.165, 1.54) is 0 Å². The molecular formula is C23H26F3N3O2. The number of aliphatic hydroxyl groups is 1. The molecule has 0 bridgehead atoms. The van der Waals surface area contributed by atoms with Gasteiger partial charge < -0.3 is 14.4 Å².